The third-order valence-corrected chi connectivity index (χ3v) is 8.31. The Bertz CT molecular complexity index is 1340. The molecule has 0 bridgehead atoms. The number of alkyl halides is 3. The number of nitrogens with zero attached hydrogens (tertiary/aromatic N) is 4. The van der Waals surface area contributed by atoms with E-state index < -0.39 is 17.3 Å². The van der Waals surface area contributed by atoms with Crippen molar-refractivity contribution in [3.63, 3.8) is 0 Å². The van der Waals surface area contributed by atoms with Crippen LogP contribution in [0.25, 0.3) is 10.9 Å². The molecular weight excluding hydrogens is 523 g/mol. The summed E-state index contributed by atoms with van der Waals surface area (Å²) in [5, 5.41) is 3.80. The molecule has 2 aliphatic rings. The van der Waals surface area contributed by atoms with E-state index in [1.165, 1.54) is 10.9 Å². The zero-order chi connectivity index (χ0) is 26.2. The number of piperazine rings is 1. The zero-order valence-corrected chi connectivity index (χ0v) is 22.1. The molecule has 0 spiro atoms. The smallest absolute Gasteiger partial charge is 0.314 e. The molecule has 37 heavy (non-hydrogen) atoms. The van der Waals surface area contributed by atoms with Crippen molar-refractivity contribution >= 4 is 34.3 Å². The van der Waals surface area contributed by atoms with E-state index in [9.17, 15) is 18.0 Å². The number of aromatic nitrogens is 2. The van der Waals surface area contributed by atoms with E-state index in [1.807, 2.05) is 13.0 Å². The molecule has 0 amide bonds. The SMILES string of the molecule is CCSc1ccc(Cl)cc1Cn1cnc2c(CN3CCN(C4CNC4)CC3)cc(C(F)(F)F)cc2c1=O. The van der Waals surface area contributed by atoms with Crippen LogP contribution in [-0.2, 0) is 19.3 Å². The van der Waals surface area contributed by atoms with Gasteiger partial charge in [-0.15, -0.1) is 11.8 Å². The van der Waals surface area contributed by atoms with Gasteiger partial charge < -0.3 is 5.32 Å². The van der Waals surface area contributed by atoms with Crippen molar-refractivity contribution in [1.29, 1.82) is 0 Å². The van der Waals surface area contributed by atoms with Gasteiger partial charge in [-0.25, -0.2) is 4.98 Å². The predicted molar refractivity (Wildman–Crippen MR) is 141 cm³/mol. The van der Waals surface area contributed by atoms with Crippen LogP contribution in [0.4, 0.5) is 13.2 Å². The second-order valence-electron chi connectivity index (χ2n) is 9.52. The van der Waals surface area contributed by atoms with Gasteiger partial charge in [0.25, 0.3) is 5.56 Å². The molecule has 11 heteroatoms. The van der Waals surface area contributed by atoms with Gasteiger partial charge in [0.2, 0.25) is 0 Å². The first-order valence-electron chi connectivity index (χ1n) is 12.4. The van der Waals surface area contributed by atoms with Crippen LogP contribution in [0.3, 0.4) is 0 Å². The Morgan fingerprint density at radius 3 is 2.49 bits per heavy atom. The number of thioether (sulfide) groups is 1. The Kier molecular flexibility index (Phi) is 7.83. The summed E-state index contributed by atoms with van der Waals surface area (Å²) in [6.45, 7) is 7.77. The van der Waals surface area contributed by atoms with E-state index in [2.05, 4.69) is 20.1 Å². The van der Waals surface area contributed by atoms with Crippen LogP contribution in [0.5, 0.6) is 0 Å². The van der Waals surface area contributed by atoms with Crippen LogP contribution in [0, 0.1) is 0 Å². The first-order chi connectivity index (χ1) is 17.7. The lowest BCUT2D eigenvalue weighted by Gasteiger charge is -2.43. The third kappa shape index (κ3) is 5.83. The van der Waals surface area contributed by atoms with Crippen molar-refractivity contribution in [3.8, 4) is 0 Å². The highest BCUT2D eigenvalue weighted by molar-refractivity contribution is 7.99. The van der Waals surface area contributed by atoms with E-state index >= 15 is 0 Å². The molecule has 2 aliphatic heterocycles. The molecule has 2 saturated heterocycles. The van der Waals surface area contributed by atoms with Crippen LogP contribution >= 0.6 is 23.4 Å². The van der Waals surface area contributed by atoms with Crippen molar-refractivity contribution in [2.24, 2.45) is 0 Å². The van der Waals surface area contributed by atoms with Gasteiger partial charge in [-0.05, 0) is 47.2 Å². The molecule has 3 aromatic rings. The Hall–Kier alpha value is -2.11. The lowest BCUT2D eigenvalue weighted by Crippen LogP contribution is -2.61. The summed E-state index contributed by atoms with van der Waals surface area (Å²) in [6.07, 6.45) is -3.13. The lowest BCUT2D eigenvalue weighted by molar-refractivity contribution is -0.137. The van der Waals surface area contributed by atoms with Crippen LogP contribution in [0.1, 0.15) is 23.6 Å². The number of fused-ring (bicyclic) bond motifs is 1. The fourth-order valence-corrected chi connectivity index (χ4v) is 5.93. The summed E-state index contributed by atoms with van der Waals surface area (Å²) < 4.78 is 42.9. The van der Waals surface area contributed by atoms with E-state index in [0.29, 0.717) is 28.7 Å². The maximum Gasteiger partial charge on any atom is 0.416 e. The number of benzene rings is 2. The highest BCUT2D eigenvalue weighted by Gasteiger charge is 2.33. The Morgan fingerprint density at radius 2 is 1.84 bits per heavy atom. The third-order valence-electron chi connectivity index (χ3n) is 7.07. The number of halogens is 4. The average molecular weight is 552 g/mol. The van der Waals surface area contributed by atoms with Gasteiger partial charge in [0.05, 0.1) is 29.3 Å². The first kappa shape index (κ1) is 26.5. The normalized spacial score (nSPS) is 17.9. The summed E-state index contributed by atoms with van der Waals surface area (Å²) >= 11 is 7.81. The summed E-state index contributed by atoms with van der Waals surface area (Å²) in [6, 6.07) is 8.10. The summed E-state index contributed by atoms with van der Waals surface area (Å²) in [5.41, 5.74) is 0.268. The minimum absolute atomic E-state index is 0.0155. The molecule has 198 valence electrons. The summed E-state index contributed by atoms with van der Waals surface area (Å²) in [4.78, 5) is 23.5. The minimum Gasteiger partial charge on any atom is -0.314 e. The molecule has 0 saturated carbocycles. The highest BCUT2D eigenvalue weighted by atomic mass is 35.5. The lowest BCUT2D eigenvalue weighted by atomic mass is 10.0. The second-order valence-corrected chi connectivity index (χ2v) is 11.3. The monoisotopic (exact) mass is 551 g/mol. The van der Waals surface area contributed by atoms with Gasteiger partial charge in [0, 0.05) is 61.8 Å². The fourth-order valence-electron chi connectivity index (χ4n) is 4.95. The van der Waals surface area contributed by atoms with Crippen LogP contribution < -0.4 is 10.9 Å². The molecule has 1 aromatic heterocycles. The molecular formula is C26H29ClF3N5OS. The fraction of sp³-hybridized carbons (Fsp3) is 0.462. The molecule has 0 radical (unpaired) electrons. The average Bonchev–Trinajstić information content (AvgIpc) is 2.82. The summed E-state index contributed by atoms with van der Waals surface area (Å²) in [5.74, 6) is 0.837. The topological polar surface area (TPSA) is 53.4 Å². The number of nitrogens with one attached hydrogen (secondary N) is 1. The Labute approximate surface area is 222 Å². The molecule has 0 aliphatic carbocycles. The zero-order valence-electron chi connectivity index (χ0n) is 20.5. The van der Waals surface area contributed by atoms with Crippen molar-refractivity contribution < 1.29 is 13.2 Å². The Morgan fingerprint density at radius 1 is 1.08 bits per heavy atom. The maximum atomic E-state index is 13.8. The molecule has 5 rings (SSSR count). The molecule has 6 nitrogen and oxygen atoms in total. The predicted octanol–water partition coefficient (Wildman–Crippen LogP) is 4.32. The standard InChI is InChI=1S/C26H29ClF3N5OS/c1-2-37-23-4-3-20(27)10-17(23)15-35-16-32-24-18(9-19(26(28,29)30)11-22(24)25(35)36)14-33-5-7-34(8-6-33)21-12-31-13-21/h3-4,9-11,16,21,31H,2,5-8,12-15H2,1H3. The molecule has 2 aromatic carbocycles. The van der Waals surface area contributed by atoms with E-state index in [4.69, 9.17) is 11.6 Å². The van der Waals surface area contributed by atoms with Crippen LogP contribution in [0.2, 0.25) is 5.02 Å². The number of hydrogen-bond donors (Lipinski definition) is 1. The van der Waals surface area contributed by atoms with Crippen molar-refractivity contribution in [2.45, 2.75) is 37.1 Å². The number of rotatable bonds is 7. The van der Waals surface area contributed by atoms with Gasteiger partial charge in [0.1, 0.15) is 0 Å². The van der Waals surface area contributed by atoms with Crippen molar-refractivity contribution in [2.75, 3.05) is 45.0 Å². The minimum atomic E-state index is -4.57. The highest BCUT2D eigenvalue weighted by Crippen LogP contribution is 2.33. The van der Waals surface area contributed by atoms with E-state index in [1.54, 1.807) is 23.9 Å². The second kappa shape index (κ2) is 10.9. The number of hydrogen-bond acceptors (Lipinski definition) is 6. The molecule has 3 heterocycles. The van der Waals surface area contributed by atoms with Crippen molar-refractivity contribution in [3.05, 3.63) is 68.7 Å². The van der Waals surface area contributed by atoms with E-state index in [-0.39, 0.29) is 11.9 Å². The molecule has 1 N–H and O–H groups in total. The Balaban J connectivity index is 1.47. The van der Waals surface area contributed by atoms with Gasteiger partial charge in [-0.2, -0.15) is 13.2 Å². The maximum absolute atomic E-state index is 13.8. The largest absolute Gasteiger partial charge is 0.416 e. The molecule has 0 unspecified atom stereocenters. The molecule has 0 atom stereocenters. The van der Waals surface area contributed by atoms with Gasteiger partial charge in [-0.1, -0.05) is 18.5 Å². The summed E-state index contributed by atoms with van der Waals surface area (Å²) in [7, 11) is 0. The molecule has 2 fully saturated rings. The van der Waals surface area contributed by atoms with Gasteiger partial charge in [0.15, 0.2) is 0 Å². The van der Waals surface area contributed by atoms with Crippen LogP contribution in [0.15, 0.2) is 46.3 Å². The van der Waals surface area contributed by atoms with Crippen molar-refractivity contribution in [1.82, 2.24) is 24.7 Å². The van der Waals surface area contributed by atoms with Crippen LogP contribution in [-0.4, -0.2) is 70.4 Å². The van der Waals surface area contributed by atoms with Gasteiger partial charge in [-0.3, -0.25) is 19.2 Å². The first-order valence-corrected chi connectivity index (χ1v) is 13.8. The quantitative estimate of drug-likeness (QED) is 0.442. The van der Waals surface area contributed by atoms with Gasteiger partial charge >= 0.3 is 6.18 Å². The van der Waals surface area contributed by atoms with E-state index in [0.717, 1.165) is 67.6 Å².